The molecule has 78 heavy (non-hydrogen) atoms. The molecule has 408 valence electrons. The Kier molecular flexibility index (Phi) is 13.0. The third kappa shape index (κ3) is 9.74. The Morgan fingerprint density at radius 1 is 0.590 bits per heavy atom. The molecule has 4 atom stereocenters. The summed E-state index contributed by atoms with van der Waals surface area (Å²) in [6.07, 6.45) is 12.7. The van der Waals surface area contributed by atoms with Gasteiger partial charge in [0, 0.05) is 73.9 Å². The summed E-state index contributed by atoms with van der Waals surface area (Å²) in [4.78, 5) is 41.7. The summed E-state index contributed by atoms with van der Waals surface area (Å²) < 4.78 is 45.7. The Morgan fingerprint density at radius 3 is 1.32 bits per heavy atom. The number of aromatic nitrogens is 8. The van der Waals surface area contributed by atoms with Gasteiger partial charge >= 0.3 is 0 Å². The van der Waals surface area contributed by atoms with Gasteiger partial charge in [-0.2, -0.15) is 0 Å². The van der Waals surface area contributed by atoms with Crippen molar-refractivity contribution < 1.29 is 27.8 Å². The summed E-state index contributed by atoms with van der Waals surface area (Å²) in [7, 11) is 3.47. The number of nitrogens with one attached hydrogen (secondary N) is 2. The van der Waals surface area contributed by atoms with Crippen LogP contribution >= 0.6 is 0 Å². The summed E-state index contributed by atoms with van der Waals surface area (Å²) in [5.41, 5.74) is 7.36. The Morgan fingerprint density at radius 2 is 1.00 bits per heavy atom. The van der Waals surface area contributed by atoms with Gasteiger partial charge in [-0.25, -0.2) is 18.7 Å². The van der Waals surface area contributed by atoms with Gasteiger partial charge in [-0.05, 0) is 173 Å². The van der Waals surface area contributed by atoms with Crippen LogP contribution in [0.15, 0.2) is 85.5 Å². The van der Waals surface area contributed by atoms with Crippen LogP contribution in [0.5, 0.6) is 0 Å². The lowest BCUT2D eigenvalue weighted by molar-refractivity contribution is -0.102. The zero-order valence-electron chi connectivity index (χ0n) is 45.1. The fraction of sp³-hybridized carbons (Fsp3) is 0.533. The number of carbonyl (C=O) groups is 2. The molecule has 4 aromatic heterocycles. The van der Waals surface area contributed by atoms with Crippen molar-refractivity contribution in [3.63, 3.8) is 0 Å². The van der Waals surface area contributed by atoms with Crippen LogP contribution in [0.2, 0.25) is 0 Å². The minimum atomic E-state index is -1.38. The maximum atomic E-state index is 15.8. The summed E-state index contributed by atoms with van der Waals surface area (Å²) in [6, 6.07) is 23.7. The van der Waals surface area contributed by atoms with Gasteiger partial charge in [0.2, 0.25) is 0 Å². The monoisotopic (exact) mass is 1060 g/mol. The summed E-state index contributed by atoms with van der Waals surface area (Å²) in [6.45, 7) is 10.00. The molecule has 14 rings (SSSR count). The van der Waals surface area contributed by atoms with Crippen molar-refractivity contribution in [3.8, 4) is 0 Å². The fourth-order valence-corrected chi connectivity index (χ4v) is 12.5. The van der Waals surface area contributed by atoms with Crippen molar-refractivity contribution in [2.75, 3.05) is 63.2 Å². The molecule has 4 aliphatic carbocycles. The van der Waals surface area contributed by atoms with Crippen LogP contribution in [0.3, 0.4) is 0 Å². The molecule has 16 nitrogen and oxygen atoms in total. The molecule has 2 N–H and O–H groups in total. The molecule has 8 aliphatic rings. The largest absolute Gasteiger partial charge is 0.379 e. The topological polar surface area (TPSA) is 170 Å². The van der Waals surface area contributed by atoms with Gasteiger partial charge in [0.25, 0.3) is 11.8 Å². The Hall–Kier alpha value is -6.34. The maximum Gasteiger partial charge on any atom is 0.274 e. The van der Waals surface area contributed by atoms with Gasteiger partial charge in [0.05, 0.1) is 37.3 Å². The molecular weight excluding hydrogens is 991 g/mol. The van der Waals surface area contributed by atoms with Gasteiger partial charge in [-0.3, -0.25) is 19.4 Å². The van der Waals surface area contributed by atoms with Gasteiger partial charge in [-0.1, -0.05) is 24.3 Å². The first-order valence-electron chi connectivity index (χ1n) is 28.2. The Balaban J connectivity index is 0.000000148. The van der Waals surface area contributed by atoms with Crippen molar-refractivity contribution in [1.29, 1.82) is 0 Å². The molecule has 4 saturated carbocycles. The predicted octanol–water partition coefficient (Wildman–Crippen LogP) is 9.73. The molecule has 2 amide bonds. The van der Waals surface area contributed by atoms with Gasteiger partial charge in [-0.15, -0.1) is 20.4 Å². The highest BCUT2D eigenvalue weighted by atomic mass is 19.1. The highest BCUT2D eigenvalue weighted by Crippen LogP contribution is 2.55. The summed E-state index contributed by atoms with van der Waals surface area (Å²) in [5.74, 6) is 0.934. The van der Waals surface area contributed by atoms with E-state index in [1.807, 2.05) is 60.7 Å². The van der Waals surface area contributed by atoms with Crippen LogP contribution < -0.4 is 10.6 Å². The average molecular weight is 1060 g/mol. The first kappa shape index (κ1) is 51.1. The zero-order chi connectivity index (χ0) is 53.6. The van der Waals surface area contributed by atoms with Crippen molar-refractivity contribution in [1.82, 2.24) is 49.3 Å². The number of hydrogen-bond acceptors (Lipinski definition) is 12. The molecule has 8 heterocycles. The quantitative estimate of drug-likeness (QED) is 0.0943. The van der Waals surface area contributed by atoms with Gasteiger partial charge in [0.1, 0.15) is 24.0 Å². The third-order valence-electron chi connectivity index (χ3n) is 18.8. The Bertz CT molecular complexity index is 3030. The number of hydrogen-bond donors (Lipinski definition) is 2. The second kappa shape index (κ2) is 19.8. The number of ether oxygens (including phenoxy) is 2. The van der Waals surface area contributed by atoms with E-state index < -0.39 is 23.2 Å². The highest BCUT2D eigenvalue weighted by Gasteiger charge is 2.53. The lowest BCUT2D eigenvalue weighted by atomic mass is 9.74. The minimum Gasteiger partial charge on any atom is -0.379 e. The number of amides is 2. The molecule has 8 fully saturated rings. The number of alkyl halides is 2. The van der Waals surface area contributed by atoms with E-state index >= 15 is 8.78 Å². The molecule has 4 unspecified atom stereocenters. The molecule has 4 saturated heterocycles. The first-order chi connectivity index (χ1) is 37.7. The van der Waals surface area contributed by atoms with Gasteiger partial charge < -0.3 is 29.2 Å². The third-order valence-corrected chi connectivity index (χ3v) is 18.8. The van der Waals surface area contributed by atoms with E-state index in [0.29, 0.717) is 45.4 Å². The molecule has 2 spiro atoms. The van der Waals surface area contributed by atoms with E-state index in [1.165, 1.54) is 51.2 Å². The second-order valence-corrected chi connectivity index (χ2v) is 24.5. The van der Waals surface area contributed by atoms with Crippen LogP contribution in [0.1, 0.15) is 181 Å². The van der Waals surface area contributed by atoms with Crippen molar-refractivity contribution >= 4 is 23.2 Å². The number of pyridine rings is 2. The smallest absolute Gasteiger partial charge is 0.274 e. The number of nitrogens with zero attached hydrogens (tertiary/aromatic N) is 10. The van der Waals surface area contributed by atoms with Crippen molar-refractivity contribution in [3.05, 3.63) is 142 Å². The molecule has 18 heteroatoms. The maximum absolute atomic E-state index is 15.8. The number of carbonyl (C=O) groups excluding carboxylic acids is 2. The molecule has 4 aliphatic heterocycles. The second-order valence-electron chi connectivity index (χ2n) is 24.5. The van der Waals surface area contributed by atoms with E-state index in [2.05, 4.69) is 66.8 Å². The van der Waals surface area contributed by atoms with Crippen LogP contribution in [-0.2, 0) is 34.4 Å². The molecule has 6 aromatic rings. The van der Waals surface area contributed by atoms with Crippen LogP contribution in [0.25, 0.3) is 0 Å². The first-order valence-corrected chi connectivity index (χ1v) is 28.2. The molecule has 0 radical (unpaired) electrons. The van der Waals surface area contributed by atoms with Crippen molar-refractivity contribution in [2.45, 2.75) is 125 Å². The summed E-state index contributed by atoms with van der Waals surface area (Å²) >= 11 is 0. The van der Waals surface area contributed by atoms with E-state index in [4.69, 9.17) is 19.4 Å². The van der Waals surface area contributed by atoms with Gasteiger partial charge in [0.15, 0.2) is 24.0 Å². The van der Waals surface area contributed by atoms with E-state index in [-0.39, 0.29) is 62.0 Å². The fourth-order valence-electron chi connectivity index (χ4n) is 12.5. The number of benzene rings is 2. The SMILES string of the molecule is CC(c1cc(C(=O)Nc2cccc(C3(C(F)c4nncn4C)COC3)c2)nc(C2CC2)c1)N1CCC2(CC2)C1.CC(c1cc(C(=O)Nc2cccc(C3(C(F)c4nncn4C)COC3)c2)nc(C2CC2)c1)N1CCC2(CC2)C1. The lowest BCUT2D eigenvalue weighted by Gasteiger charge is -2.43. The normalized spacial score (nSPS) is 22.8. The number of halogens is 2. The van der Waals surface area contributed by atoms with Crippen LogP contribution in [0, 0.1) is 10.8 Å². The van der Waals surface area contributed by atoms with Crippen molar-refractivity contribution in [2.24, 2.45) is 24.9 Å². The average Bonchev–Trinajstić information content (AvgIpc) is 4.44. The predicted molar refractivity (Wildman–Crippen MR) is 288 cm³/mol. The van der Waals surface area contributed by atoms with Crippen LogP contribution in [0.4, 0.5) is 20.2 Å². The number of likely N-dealkylation sites (tertiary alicyclic amines) is 2. The molecular formula is C60H70F2N12O4. The van der Waals surface area contributed by atoms with E-state index in [0.717, 1.165) is 85.5 Å². The standard InChI is InChI=1S/2C30H35FN6O2/c2*1-19(37-11-10-29(15-37)8-9-29)21-12-24(20-6-7-20)34-25(13-21)28(38)33-23-5-3-4-22(14-23)30(16-39-17-30)26(31)27-35-32-18-36(27)2/h2*3-5,12-14,18-20,26H,6-11,15-17H2,1-2H3,(H,33,38). The Labute approximate surface area is 454 Å². The summed E-state index contributed by atoms with van der Waals surface area (Å²) in [5, 5.41) is 21.7. The zero-order valence-corrected chi connectivity index (χ0v) is 45.1. The van der Waals surface area contributed by atoms with Crippen LogP contribution in [-0.4, -0.2) is 114 Å². The van der Waals surface area contributed by atoms with E-state index in [1.54, 1.807) is 23.2 Å². The van der Waals surface area contributed by atoms with E-state index in [9.17, 15) is 9.59 Å². The molecule has 2 aromatic carbocycles. The number of anilines is 2. The molecule has 0 bridgehead atoms. The lowest BCUT2D eigenvalue weighted by Crippen LogP contribution is -2.50. The number of rotatable bonds is 16. The minimum absolute atomic E-state index is 0.239. The highest BCUT2D eigenvalue weighted by molar-refractivity contribution is 6.03. The number of aryl methyl sites for hydroxylation is 2.